The van der Waals surface area contributed by atoms with E-state index < -0.39 is 0 Å². The first kappa shape index (κ1) is 13.2. The highest BCUT2D eigenvalue weighted by Crippen LogP contribution is 2.28. The van der Waals surface area contributed by atoms with Gasteiger partial charge in [-0.25, -0.2) is 0 Å². The Labute approximate surface area is 117 Å². The van der Waals surface area contributed by atoms with Gasteiger partial charge >= 0.3 is 0 Å². The van der Waals surface area contributed by atoms with Crippen LogP contribution in [0.25, 0.3) is 0 Å². The lowest BCUT2D eigenvalue weighted by Gasteiger charge is -2.15. The fourth-order valence-electron chi connectivity index (χ4n) is 1.47. The van der Waals surface area contributed by atoms with Crippen LogP contribution in [0.2, 0.25) is 0 Å². The van der Waals surface area contributed by atoms with Gasteiger partial charge < -0.3 is 10.0 Å². The summed E-state index contributed by atoms with van der Waals surface area (Å²) in [7, 11) is 1.72. The van der Waals surface area contributed by atoms with Gasteiger partial charge in [0, 0.05) is 28.7 Å². The molecule has 0 aliphatic carbocycles. The number of carbonyl (C=O) groups excluding carboxylic acids is 1. The van der Waals surface area contributed by atoms with E-state index in [2.05, 4.69) is 20.9 Å². The standard InChI is InChI=1S/C12H11BrN2O2S/c1-15(11-5-9(13)7-18-11)12(17)8-2-3-14-10(4-8)6-16/h2-5,7,16H,6H2,1H3. The summed E-state index contributed by atoms with van der Waals surface area (Å²) in [6.45, 7) is -0.171. The van der Waals surface area contributed by atoms with Gasteiger partial charge in [-0.3, -0.25) is 9.78 Å². The number of carbonyl (C=O) groups is 1. The average molecular weight is 327 g/mol. The zero-order chi connectivity index (χ0) is 13.1. The van der Waals surface area contributed by atoms with Crippen molar-refractivity contribution in [2.75, 3.05) is 11.9 Å². The molecule has 4 nitrogen and oxygen atoms in total. The fourth-order valence-corrected chi connectivity index (χ4v) is 2.86. The number of pyridine rings is 1. The maximum Gasteiger partial charge on any atom is 0.258 e. The topological polar surface area (TPSA) is 53.4 Å². The molecule has 2 aromatic rings. The second-order valence-corrected chi connectivity index (χ2v) is 5.47. The molecule has 0 atom stereocenters. The van der Waals surface area contributed by atoms with Crippen molar-refractivity contribution in [2.24, 2.45) is 0 Å². The Kier molecular flexibility index (Phi) is 4.11. The molecule has 0 aliphatic rings. The zero-order valence-electron chi connectivity index (χ0n) is 9.63. The van der Waals surface area contributed by atoms with Gasteiger partial charge in [0.1, 0.15) is 0 Å². The number of aromatic nitrogens is 1. The van der Waals surface area contributed by atoms with Gasteiger partial charge in [-0.15, -0.1) is 11.3 Å². The molecule has 2 rings (SSSR count). The largest absolute Gasteiger partial charge is 0.390 e. The molecule has 0 fully saturated rings. The molecule has 0 unspecified atom stereocenters. The van der Waals surface area contributed by atoms with Crippen LogP contribution in [0.5, 0.6) is 0 Å². The van der Waals surface area contributed by atoms with Crippen molar-refractivity contribution in [1.82, 2.24) is 4.98 Å². The van der Waals surface area contributed by atoms with Crippen molar-refractivity contribution in [3.63, 3.8) is 0 Å². The highest BCUT2D eigenvalue weighted by molar-refractivity contribution is 9.10. The van der Waals surface area contributed by atoms with Crippen LogP contribution >= 0.6 is 27.3 Å². The van der Waals surface area contributed by atoms with E-state index in [0.717, 1.165) is 9.47 Å². The van der Waals surface area contributed by atoms with Gasteiger partial charge in [-0.05, 0) is 34.1 Å². The SMILES string of the molecule is CN(C(=O)c1ccnc(CO)c1)c1cc(Br)cs1. The van der Waals surface area contributed by atoms with Crippen LogP contribution in [0.4, 0.5) is 5.00 Å². The van der Waals surface area contributed by atoms with Crippen LogP contribution in [0, 0.1) is 0 Å². The number of rotatable bonds is 3. The molecule has 0 saturated carbocycles. The highest BCUT2D eigenvalue weighted by atomic mass is 79.9. The van der Waals surface area contributed by atoms with Gasteiger partial charge in [-0.2, -0.15) is 0 Å². The molecule has 2 heterocycles. The van der Waals surface area contributed by atoms with Gasteiger partial charge in [-0.1, -0.05) is 0 Å². The number of thiophene rings is 1. The monoisotopic (exact) mass is 326 g/mol. The van der Waals surface area contributed by atoms with Crippen LogP contribution in [-0.4, -0.2) is 23.0 Å². The third-order valence-corrected chi connectivity index (χ3v) is 4.18. The summed E-state index contributed by atoms with van der Waals surface area (Å²) in [5, 5.41) is 11.8. The minimum atomic E-state index is -0.171. The second kappa shape index (κ2) is 5.60. The molecule has 1 amide bonds. The summed E-state index contributed by atoms with van der Waals surface area (Å²) in [6.07, 6.45) is 1.52. The molecule has 0 spiro atoms. The summed E-state index contributed by atoms with van der Waals surface area (Å²) in [5.74, 6) is -0.124. The molecule has 2 aromatic heterocycles. The molecular formula is C12H11BrN2O2S. The maximum atomic E-state index is 12.2. The van der Waals surface area contributed by atoms with E-state index in [1.54, 1.807) is 24.1 Å². The molecule has 0 saturated heterocycles. The molecule has 94 valence electrons. The van der Waals surface area contributed by atoms with Crippen molar-refractivity contribution < 1.29 is 9.90 Å². The number of anilines is 1. The van der Waals surface area contributed by atoms with Crippen LogP contribution in [0.3, 0.4) is 0 Å². The van der Waals surface area contributed by atoms with Crippen molar-refractivity contribution in [1.29, 1.82) is 0 Å². The minimum Gasteiger partial charge on any atom is -0.390 e. The molecular weight excluding hydrogens is 316 g/mol. The second-order valence-electron chi connectivity index (χ2n) is 3.66. The Morgan fingerprint density at radius 3 is 2.94 bits per heavy atom. The van der Waals surface area contributed by atoms with Crippen LogP contribution in [-0.2, 0) is 6.61 Å². The van der Waals surface area contributed by atoms with E-state index in [4.69, 9.17) is 5.11 Å². The lowest BCUT2D eigenvalue weighted by atomic mass is 10.2. The number of aliphatic hydroxyl groups excluding tert-OH is 1. The first-order chi connectivity index (χ1) is 8.61. The Hall–Kier alpha value is -1.24. The Bertz CT molecular complexity index is 571. The molecule has 0 aromatic carbocycles. The average Bonchev–Trinajstić information content (AvgIpc) is 2.83. The predicted molar refractivity (Wildman–Crippen MR) is 74.9 cm³/mol. The quantitative estimate of drug-likeness (QED) is 0.943. The lowest BCUT2D eigenvalue weighted by molar-refractivity contribution is 0.0993. The van der Waals surface area contributed by atoms with E-state index in [0.29, 0.717) is 11.3 Å². The summed E-state index contributed by atoms with van der Waals surface area (Å²) < 4.78 is 0.952. The minimum absolute atomic E-state index is 0.124. The Morgan fingerprint density at radius 2 is 2.33 bits per heavy atom. The van der Waals surface area contributed by atoms with E-state index in [9.17, 15) is 4.79 Å². The Balaban J connectivity index is 2.25. The third kappa shape index (κ3) is 2.77. The van der Waals surface area contributed by atoms with E-state index >= 15 is 0 Å². The number of aliphatic hydroxyl groups is 1. The number of hydrogen-bond acceptors (Lipinski definition) is 4. The van der Waals surface area contributed by atoms with Crippen molar-refractivity contribution in [3.05, 3.63) is 45.5 Å². The number of halogens is 1. The fraction of sp³-hybridized carbons (Fsp3) is 0.167. The van der Waals surface area contributed by atoms with Crippen LogP contribution < -0.4 is 4.90 Å². The molecule has 18 heavy (non-hydrogen) atoms. The summed E-state index contributed by atoms with van der Waals surface area (Å²) in [4.78, 5) is 17.8. The molecule has 6 heteroatoms. The smallest absolute Gasteiger partial charge is 0.258 e. The first-order valence-corrected chi connectivity index (χ1v) is 6.87. The predicted octanol–water partition coefficient (Wildman–Crippen LogP) is 2.67. The third-order valence-electron chi connectivity index (χ3n) is 2.41. The zero-order valence-corrected chi connectivity index (χ0v) is 12.0. The Morgan fingerprint density at radius 1 is 1.56 bits per heavy atom. The maximum absolute atomic E-state index is 12.2. The van der Waals surface area contributed by atoms with Crippen LogP contribution in [0.1, 0.15) is 16.1 Å². The summed E-state index contributed by atoms with van der Waals surface area (Å²) >= 11 is 4.84. The van der Waals surface area contributed by atoms with E-state index in [1.165, 1.54) is 17.5 Å². The number of hydrogen-bond donors (Lipinski definition) is 1. The lowest BCUT2D eigenvalue weighted by Crippen LogP contribution is -2.25. The van der Waals surface area contributed by atoms with Crippen LogP contribution in [0.15, 0.2) is 34.2 Å². The van der Waals surface area contributed by atoms with Crippen molar-refractivity contribution >= 4 is 38.2 Å². The molecule has 0 bridgehead atoms. The first-order valence-electron chi connectivity index (χ1n) is 5.19. The number of nitrogens with zero attached hydrogens (tertiary/aromatic N) is 2. The summed E-state index contributed by atoms with van der Waals surface area (Å²) in [6, 6.07) is 5.12. The van der Waals surface area contributed by atoms with Gasteiger partial charge in [0.2, 0.25) is 0 Å². The van der Waals surface area contributed by atoms with Crippen molar-refractivity contribution in [2.45, 2.75) is 6.61 Å². The van der Waals surface area contributed by atoms with Gasteiger partial charge in [0.15, 0.2) is 0 Å². The normalized spacial score (nSPS) is 10.4. The summed E-state index contributed by atoms with van der Waals surface area (Å²) in [5.41, 5.74) is 1.00. The van der Waals surface area contributed by atoms with Crippen molar-refractivity contribution in [3.8, 4) is 0 Å². The number of amides is 1. The van der Waals surface area contributed by atoms with E-state index in [1.807, 2.05) is 11.4 Å². The van der Waals surface area contributed by atoms with E-state index in [-0.39, 0.29) is 12.5 Å². The van der Waals surface area contributed by atoms with Gasteiger partial charge in [0.25, 0.3) is 5.91 Å². The van der Waals surface area contributed by atoms with Gasteiger partial charge in [0.05, 0.1) is 17.3 Å². The molecule has 1 N–H and O–H groups in total. The molecule has 0 radical (unpaired) electrons. The molecule has 0 aliphatic heterocycles. The highest BCUT2D eigenvalue weighted by Gasteiger charge is 2.15.